The van der Waals surface area contributed by atoms with Gasteiger partial charge in [0.15, 0.2) is 10.9 Å². The van der Waals surface area contributed by atoms with Gasteiger partial charge in [0, 0.05) is 39.4 Å². The second-order valence-electron chi connectivity index (χ2n) is 7.88. The molecule has 0 radical (unpaired) electrons. The van der Waals surface area contributed by atoms with E-state index in [0.717, 1.165) is 0 Å². The van der Waals surface area contributed by atoms with E-state index in [0.29, 0.717) is 56.6 Å². The van der Waals surface area contributed by atoms with Gasteiger partial charge in [-0.25, -0.2) is 8.42 Å². The molecule has 2 heterocycles. The number of hydrogen-bond donors (Lipinski definition) is 1. The molecule has 1 N–H and O–H groups in total. The molecule has 0 fully saturated rings. The Morgan fingerprint density at radius 3 is 2.22 bits per heavy atom. The third kappa shape index (κ3) is 3.47. The smallest absolute Gasteiger partial charge is 0.197 e. The number of aromatic amines is 1. The number of aryl methyl sites for hydroxylation is 1. The number of nitrogens with one attached hydrogen (secondary N) is 1. The van der Waals surface area contributed by atoms with Crippen LogP contribution in [0.5, 0.6) is 0 Å². The van der Waals surface area contributed by atoms with Crippen LogP contribution in [-0.4, -0.2) is 28.3 Å². The van der Waals surface area contributed by atoms with Crippen molar-refractivity contribution >= 4 is 53.7 Å². The number of rotatable bonds is 5. The Morgan fingerprint density at radius 1 is 0.750 bits per heavy atom. The average Bonchev–Trinajstić information content (AvgIpc) is 2.77. The number of para-hydroxylation sites is 2. The second kappa shape index (κ2) is 7.58. The Balaban J connectivity index is 1.79. The Labute approximate surface area is 182 Å². The summed E-state index contributed by atoms with van der Waals surface area (Å²) in [5, 5.41) is 2.05. The van der Waals surface area contributed by atoms with Crippen molar-refractivity contribution in [2.75, 3.05) is 5.75 Å². The maximum atomic E-state index is 13.3. The number of unbranched alkanes of at least 4 members (excludes halogenated alkanes) is 1. The van der Waals surface area contributed by atoms with Crippen molar-refractivity contribution in [2.24, 2.45) is 0 Å². The maximum Gasteiger partial charge on any atom is 0.197 e. The quantitative estimate of drug-likeness (QED) is 0.252. The molecular weight excluding hydrogens is 428 g/mol. The van der Waals surface area contributed by atoms with Gasteiger partial charge >= 0.3 is 0 Å². The van der Waals surface area contributed by atoms with Crippen LogP contribution < -0.4 is 10.9 Å². The van der Waals surface area contributed by atoms with Gasteiger partial charge in [0.25, 0.3) is 0 Å². The van der Waals surface area contributed by atoms with E-state index >= 15 is 0 Å². The zero-order valence-electron chi connectivity index (χ0n) is 17.0. The predicted molar refractivity (Wildman–Crippen MR) is 125 cm³/mol. The Bertz CT molecular complexity index is 1750. The summed E-state index contributed by atoms with van der Waals surface area (Å²) in [5.41, 5.74) is 2.33. The molecule has 8 heteroatoms. The van der Waals surface area contributed by atoms with E-state index < -0.39 is 15.9 Å². The molecule has 0 aliphatic carbocycles. The van der Waals surface area contributed by atoms with Crippen molar-refractivity contribution in [3.05, 3.63) is 81.1 Å². The van der Waals surface area contributed by atoms with Crippen LogP contribution in [0.1, 0.15) is 12.8 Å². The summed E-state index contributed by atoms with van der Waals surface area (Å²) in [6.07, 6.45) is 0.655. The molecule has 0 amide bonds. The van der Waals surface area contributed by atoms with Gasteiger partial charge in [0.05, 0.1) is 26.7 Å². The first-order chi connectivity index (χ1) is 15.3. The monoisotopic (exact) mass is 447 g/mol. The number of nitrogens with zero attached hydrogens (tertiary/aromatic N) is 1. The molecular formula is C24H19N2O5S-. The number of fused-ring (bicyclic) bond motifs is 4. The van der Waals surface area contributed by atoms with E-state index in [2.05, 4.69) is 4.98 Å². The lowest BCUT2D eigenvalue weighted by molar-refractivity contribution is 0.459. The first-order valence-corrected chi connectivity index (χ1v) is 11.8. The number of pyridine rings is 2. The molecule has 0 spiro atoms. The van der Waals surface area contributed by atoms with Gasteiger partial charge in [0.1, 0.15) is 0 Å². The lowest BCUT2D eigenvalue weighted by atomic mass is 10.0. The number of H-pyrrole nitrogens is 1. The topological polar surface area (TPSA) is 112 Å². The maximum absolute atomic E-state index is 13.3. The molecule has 5 rings (SSSR count). The summed E-state index contributed by atoms with van der Waals surface area (Å²) in [7, 11) is -4.28. The normalized spacial score (nSPS) is 12.3. The fraction of sp³-hybridized carbons (Fsp3) is 0.167. The molecule has 0 unspecified atom stereocenters. The van der Waals surface area contributed by atoms with Crippen LogP contribution in [0.25, 0.3) is 43.6 Å². The molecule has 7 nitrogen and oxygen atoms in total. The second-order valence-corrected chi connectivity index (χ2v) is 9.41. The van der Waals surface area contributed by atoms with Gasteiger partial charge < -0.3 is 14.1 Å². The number of aromatic nitrogens is 2. The van der Waals surface area contributed by atoms with Gasteiger partial charge in [-0.2, -0.15) is 0 Å². The van der Waals surface area contributed by atoms with E-state index in [1.54, 1.807) is 36.4 Å². The summed E-state index contributed by atoms with van der Waals surface area (Å²) in [4.78, 5) is 29.7. The summed E-state index contributed by atoms with van der Waals surface area (Å²) in [5.74, 6) is -0.433. The standard InChI is InChI=1S/C24H20N2O5S/c27-23-15-7-1-3-9-19(15)25-20-13-18-22(14-17(20)23)26(11-5-6-12-32(29,30)31)21-10-4-2-8-16(21)24(18)28/h1-4,7-10,13-14H,5-6,11-12H2,(H,25,27)(H,29,30,31)/p-1. The molecule has 2 aromatic heterocycles. The van der Waals surface area contributed by atoms with Crippen molar-refractivity contribution in [1.29, 1.82) is 0 Å². The predicted octanol–water partition coefficient (Wildman–Crippen LogP) is 3.47. The number of benzene rings is 3. The van der Waals surface area contributed by atoms with Crippen LogP contribution in [0.2, 0.25) is 0 Å². The van der Waals surface area contributed by atoms with Crippen LogP contribution in [0.15, 0.2) is 70.3 Å². The molecule has 0 saturated carbocycles. The fourth-order valence-electron chi connectivity index (χ4n) is 4.33. The van der Waals surface area contributed by atoms with Crippen molar-refractivity contribution in [1.82, 2.24) is 9.55 Å². The molecule has 0 aliphatic heterocycles. The minimum absolute atomic E-state index is 0.124. The molecule has 5 aromatic rings. The fourth-order valence-corrected chi connectivity index (χ4v) is 4.89. The lowest BCUT2D eigenvalue weighted by Crippen LogP contribution is -2.14. The van der Waals surface area contributed by atoms with Crippen molar-refractivity contribution in [2.45, 2.75) is 19.4 Å². The van der Waals surface area contributed by atoms with Crippen LogP contribution in [0.4, 0.5) is 0 Å². The molecule has 0 aliphatic rings. The minimum Gasteiger partial charge on any atom is -0.748 e. The lowest BCUT2D eigenvalue weighted by Gasteiger charge is -2.16. The van der Waals surface area contributed by atoms with E-state index in [4.69, 9.17) is 0 Å². The van der Waals surface area contributed by atoms with E-state index in [-0.39, 0.29) is 17.3 Å². The van der Waals surface area contributed by atoms with E-state index in [1.807, 2.05) is 28.8 Å². The van der Waals surface area contributed by atoms with Crippen LogP contribution in [0.3, 0.4) is 0 Å². The van der Waals surface area contributed by atoms with Crippen LogP contribution in [0, 0.1) is 0 Å². The van der Waals surface area contributed by atoms with Crippen LogP contribution in [-0.2, 0) is 16.7 Å². The van der Waals surface area contributed by atoms with Gasteiger partial charge in [-0.05, 0) is 49.2 Å². The molecule has 32 heavy (non-hydrogen) atoms. The first kappa shape index (κ1) is 20.4. The van der Waals surface area contributed by atoms with E-state index in [1.165, 1.54) is 0 Å². The zero-order chi connectivity index (χ0) is 22.5. The van der Waals surface area contributed by atoms with Crippen LogP contribution >= 0.6 is 0 Å². The average molecular weight is 447 g/mol. The summed E-state index contributed by atoms with van der Waals surface area (Å²) in [6, 6.07) is 17.9. The highest BCUT2D eigenvalue weighted by atomic mass is 32.2. The number of hydrogen-bond acceptors (Lipinski definition) is 5. The highest BCUT2D eigenvalue weighted by Gasteiger charge is 2.14. The zero-order valence-corrected chi connectivity index (χ0v) is 17.8. The van der Waals surface area contributed by atoms with Gasteiger partial charge in [-0.1, -0.05) is 24.3 Å². The minimum atomic E-state index is -4.28. The highest BCUT2D eigenvalue weighted by molar-refractivity contribution is 7.85. The Morgan fingerprint density at radius 2 is 1.44 bits per heavy atom. The van der Waals surface area contributed by atoms with Gasteiger partial charge in [-0.15, -0.1) is 0 Å². The molecule has 0 bridgehead atoms. The van der Waals surface area contributed by atoms with Gasteiger partial charge in [0.2, 0.25) is 0 Å². The molecule has 3 aromatic carbocycles. The molecule has 0 saturated heterocycles. The third-order valence-electron chi connectivity index (χ3n) is 5.82. The highest BCUT2D eigenvalue weighted by Crippen LogP contribution is 2.24. The third-order valence-corrected chi connectivity index (χ3v) is 6.61. The summed E-state index contributed by atoms with van der Waals surface area (Å²) < 4.78 is 34.8. The Hall–Kier alpha value is -3.49. The van der Waals surface area contributed by atoms with Crippen molar-refractivity contribution < 1.29 is 13.0 Å². The summed E-state index contributed by atoms with van der Waals surface area (Å²) in [6.45, 7) is 0.407. The van der Waals surface area contributed by atoms with Crippen molar-refractivity contribution in [3.63, 3.8) is 0 Å². The SMILES string of the molecule is O=c1c2ccccc2[nH]c2cc3c(=O)c4ccccc4n(CCCCS(=O)(=O)[O-])c3cc12. The summed E-state index contributed by atoms with van der Waals surface area (Å²) >= 11 is 0. The molecule has 0 atom stereocenters. The first-order valence-electron chi connectivity index (χ1n) is 10.3. The van der Waals surface area contributed by atoms with E-state index in [9.17, 15) is 22.6 Å². The molecule has 162 valence electrons. The Kier molecular flexibility index (Phi) is 4.83. The largest absolute Gasteiger partial charge is 0.748 e. The van der Waals surface area contributed by atoms with Gasteiger partial charge in [-0.3, -0.25) is 9.59 Å². The van der Waals surface area contributed by atoms with Crippen molar-refractivity contribution in [3.8, 4) is 0 Å².